The molecule has 2 atom stereocenters. The monoisotopic (exact) mass is 299 g/mol. The van der Waals surface area contributed by atoms with Crippen LogP contribution in [0.1, 0.15) is 38.8 Å². The highest BCUT2D eigenvalue weighted by atomic mass is 79.9. The Morgan fingerprint density at radius 1 is 1.35 bits per heavy atom. The molecule has 0 radical (unpaired) electrons. The predicted molar refractivity (Wildman–Crippen MR) is 76.6 cm³/mol. The summed E-state index contributed by atoms with van der Waals surface area (Å²) < 4.78 is 6.34. The quantitative estimate of drug-likeness (QED) is 0.852. The maximum Gasteiger partial charge on any atom is 0.120 e. The molecule has 2 nitrogen and oxygen atoms in total. The largest absolute Gasteiger partial charge is 0.497 e. The summed E-state index contributed by atoms with van der Waals surface area (Å²) in [5.41, 5.74) is 1.31. The van der Waals surface area contributed by atoms with Crippen LogP contribution < -0.4 is 10.1 Å². The van der Waals surface area contributed by atoms with Crippen molar-refractivity contribution in [2.24, 2.45) is 5.92 Å². The molecule has 2 unspecified atom stereocenters. The molecule has 0 aromatic heterocycles. The molecule has 0 aliphatic rings. The highest BCUT2D eigenvalue weighted by Gasteiger charge is 2.19. The minimum absolute atomic E-state index is 0.394. The fourth-order valence-corrected chi connectivity index (χ4v) is 2.56. The van der Waals surface area contributed by atoms with Crippen molar-refractivity contribution in [1.29, 1.82) is 0 Å². The Morgan fingerprint density at radius 2 is 2.06 bits per heavy atom. The molecule has 0 fully saturated rings. The van der Waals surface area contributed by atoms with Gasteiger partial charge in [-0.15, -0.1) is 0 Å². The normalized spacial score (nSPS) is 14.4. The molecule has 0 spiro atoms. The first-order chi connectivity index (χ1) is 8.13. The number of halogens is 1. The van der Waals surface area contributed by atoms with Gasteiger partial charge in [-0.1, -0.05) is 49.2 Å². The molecule has 0 aliphatic carbocycles. The topological polar surface area (TPSA) is 21.3 Å². The Hall–Kier alpha value is -0.540. The van der Waals surface area contributed by atoms with E-state index in [4.69, 9.17) is 4.74 Å². The maximum absolute atomic E-state index is 5.23. The van der Waals surface area contributed by atoms with Crippen molar-refractivity contribution in [3.05, 3.63) is 28.2 Å². The number of methoxy groups -OCH3 is 1. The molecule has 1 aromatic rings. The van der Waals surface area contributed by atoms with Gasteiger partial charge < -0.3 is 10.1 Å². The van der Waals surface area contributed by atoms with Crippen LogP contribution in [0.4, 0.5) is 0 Å². The minimum atomic E-state index is 0.394. The van der Waals surface area contributed by atoms with E-state index in [0.29, 0.717) is 12.0 Å². The smallest absolute Gasteiger partial charge is 0.120 e. The summed E-state index contributed by atoms with van der Waals surface area (Å²) in [6.07, 6.45) is 1.16. The number of rotatable bonds is 6. The van der Waals surface area contributed by atoms with Crippen molar-refractivity contribution in [2.45, 2.75) is 33.2 Å². The second-order valence-corrected chi connectivity index (χ2v) is 5.16. The summed E-state index contributed by atoms with van der Waals surface area (Å²) in [6, 6.07) is 6.59. The third kappa shape index (κ3) is 3.71. The van der Waals surface area contributed by atoms with E-state index in [9.17, 15) is 0 Å². The summed E-state index contributed by atoms with van der Waals surface area (Å²) in [5, 5.41) is 3.56. The van der Waals surface area contributed by atoms with Gasteiger partial charge in [0.15, 0.2) is 0 Å². The fourth-order valence-electron chi connectivity index (χ4n) is 1.96. The highest BCUT2D eigenvalue weighted by Crippen LogP contribution is 2.32. The molecule has 0 aliphatic heterocycles. The van der Waals surface area contributed by atoms with Gasteiger partial charge in [-0.2, -0.15) is 0 Å². The van der Waals surface area contributed by atoms with Gasteiger partial charge >= 0.3 is 0 Å². The SMILES string of the molecule is CCNC(c1ccc(OC)cc1Br)C(C)CC. The van der Waals surface area contributed by atoms with Crippen molar-refractivity contribution < 1.29 is 4.74 Å². The lowest BCUT2D eigenvalue weighted by Crippen LogP contribution is -2.26. The van der Waals surface area contributed by atoms with E-state index in [0.717, 1.165) is 23.2 Å². The van der Waals surface area contributed by atoms with Crippen LogP contribution in [0.25, 0.3) is 0 Å². The van der Waals surface area contributed by atoms with Gasteiger partial charge in [-0.05, 0) is 30.2 Å². The fraction of sp³-hybridized carbons (Fsp3) is 0.571. The van der Waals surface area contributed by atoms with Crippen molar-refractivity contribution >= 4 is 15.9 Å². The van der Waals surface area contributed by atoms with Crippen molar-refractivity contribution in [3.63, 3.8) is 0 Å². The van der Waals surface area contributed by atoms with E-state index in [-0.39, 0.29) is 0 Å². The predicted octanol–water partition coefficient (Wildman–Crippen LogP) is 4.15. The average Bonchev–Trinajstić information content (AvgIpc) is 2.35. The van der Waals surface area contributed by atoms with Crippen molar-refractivity contribution in [1.82, 2.24) is 5.32 Å². The molecule has 0 saturated carbocycles. The maximum atomic E-state index is 5.23. The first-order valence-corrected chi connectivity index (χ1v) is 7.00. The molecule has 96 valence electrons. The van der Waals surface area contributed by atoms with E-state index < -0.39 is 0 Å². The summed E-state index contributed by atoms with van der Waals surface area (Å²) in [6.45, 7) is 7.64. The summed E-state index contributed by atoms with van der Waals surface area (Å²) in [5.74, 6) is 1.50. The van der Waals surface area contributed by atoms with Crippen LogP contribution in [0.2, 0.25) is 0 Å². The Balaban J connectivity index is 3.01. The zero-order valence-corrected chi connectivity index (χ0v) is 12.7. The lowest BCUT2D eigenvalue weighted by Gasteiger charge is -2.25. The second kappa shape index (κ2) is 7.02. The van der Waals surface area contributed by atoms with E-state index in [1.165, 1.54) is 5.56 Å². The first-order valence-electron chi connectivity index (χ1n) is 6.20. The lowest BCUT2D eigenvalue weighted by molar-refractivity contribution is 0.381. The Bertz CT molecular complexity index is 354. The van der Waals surface area contributed by atoms with E-state index in [1.807, 2.05) is 12.1 Å². The third-order valence-corrected chi connectivity index (χ3v) is 3.87. The molecule has 0 saturated heterocycles. The minimum Gasteiger partial charge on any atom is -0.497 e. The van der Waals surface area contributed by atoms with Crippen LogP contribution in [0.3, 0.4) is 0 Å². The van der Waals surface area contributed by atoms with Gasteiger partial charge in [0.2, 0.25) is 0 Å². The third-order valence-electron chi connectivity index (χ3n) is 3.18. The Kier molecular flexibility index (Phi) is 6.00. The van der Waals surface area contributed by atoms with Gasteiger partial charge in [0.25, 0.3) is 0 Å². The molecule has 0 heterocycles. The number of nitrogens with one attached hydrogen (secondary N) is 1. The summed E-state index contributed by atoms with van der Waals surface area (Å²) in [4.78, 5) is 0. The molecule has 1 aromatic carbocycles. The van der Waals surface area contributed by atoms with Crippen LogP contribution in [0, 0.1) is 5.92 Å². The molecular weight excluding hydrogens is 278 g/mol. The van der Waals surface area contributed by atoms with Crippen LogP contribution in [-0.2, 0) is 0 Å². The molecule has 3 heteroatoms. The lowest BCUT2D eigenvalue weighted by atomic mass is 9.92. The molecule has 17 heavy (non-hydrogen) atoms. The van der Waals surface area contributed by atoms with E-state index >= 15 is 0 Å². The Morgan fingerprint density at radius 3 is 2.53 bits per heavy atom. The van der Waals surface area contributed by atoms with Crippen LogP contribution in [-0.4, -0.2) is 13.7 Å². The molecule has 1 rings (SSSR count). The molecule has 1 N–H and O–H groups in total. The zero-order valence-electron chi connectivity index (χ0n) is 11.1. The van der Waals surface area contributed by atoms with Crippen LogP contribution >= 0.6 is 15.9 Å². The summed E-state index contributed by atoms with van der Waals surface area (Å²) >= 11 is 3.64. The van der Waals surface area contributed by atoms with E-state index in [1.54, 1.807) is 7.11 Å². The number of ether oxygens (including phenoxy) is 1. The van der Waals surface area contributed by atoms with E-state index in [2.05, 4.69) is 48.1 Å². The zero-order chi connectivity index (χ0) is 12.8. The van der Waals surface area contributed by atoms with Gasteiger partial charge in [0.05, 0.1) is 7.11 Å². The van der Waals surface area contributed by atoms with Crippen molar-refractivity contribution in [3.8, 4) is 5.75 Å². The van der Waals surface area contributed by atoms with Gasteiger partial charge in [0, 0.05) is 10.5 Å². The number of hydrogen-bond acceptors (Lipinski definition) is 2. The number of hydrogen-bond donors (Lipinski definition) is 1. The van der Waals surface area contributed by atoms with Gasteiger partial charge in [-0.25, -0.2) is 0 Å². The molecular formula is C14H22BrNO. The highest BCUT2D eigenvalue weighted by molar-refractivity contribution is 9.10. The van der Waals surface area contributed by atoms with Gasteiger partial charge in [0.1, 0.15) is 5.75 Å². The van der Waals surface area contributed by atoms with Crippen LogP contribution in [0.15, 0.2) is 22.7 Å². The molecule has 0 amide bonds. The van der Waals surface area contributed by atoms with Gasteiger partial charge in [-0.3, -0.25) is 0 Å². The Labute approximate surface area is 113 Å². The first kappa shape index (κ1) is 14.5. The average molecular weight is 300 g/mol. The summed E-state index contributed by atoms with van der Waals surface area (Å²) in [7, 11) is 1.69. The molecule has 0 bridgehead atoms. The second-order valence-electron chi connectivity index (χ2n) is 4.31. The van der Waals surface area contributed by atoms with Crippen molar-refractivity contribution in [2.75, 3.05) is 13.7 Å². The standard InChI is InChI=1S/C14H22BrNO/c1-5-10(3)14(16-6-2)12-8-7-11(17-4)9-13(12)15/h7-10,14,16H,5-6H2,1-4H3. The van der Waals surface area contributed by atoms with Crippen LogP contribution in [0.5, 0.6) is 5.75 Å². The number of benzene rings is 1.